The van der Waals surface area contributed by atoms with Crippen molar-refractivity contribution in [3.05, 3.63) is 65.2 Å². The smallest absolute Gasteiger partial charge is 0.244 e. The summed E-state index contributed by atoms with van der Waals surface area (Å²) in [5, 5.41) is 2.93. The molecule has 0 heterocycles. The maximum Gasteiger partial charge on any atom is 0.244 e. The van der Waals surface area contributed by atoms with E-state index in [-0.39, 0.29) is 18.4 Å². The Labute approximate surface area is 210 Å². The normalized spacial score (nSPS) is 12.3. The Bertz CT molecular complexity index is 1100. The van der Waals surface area contributed by atoms with Crippen molar-refractivity contribution in [3.8, 4) is 0 Å². The van der Waals surface area contributed by atoms with Gasteiger partial charge >= 0.3 is 0 Å². The van der Waals surface area contributed by atoms with Gasteiger partial charge in [-0.15, -0.1) is 0 Å². The standard InChI is InChI=1S/C27H39N3O4S/c1-7-25(27(32)28-18-20(2)3)29(16-15-23-11-9-8-10-12-23)26(31)19-30(35(6,33)34)24-14-13-21(4)22(5)17-24/h8-14,17,20,25H,7,15-16,18-19H2,1-6H3,(H,28,32)/t25-/m1/s1. The Hall–Kier alpha value is -2.87. The van der Waals surface area contributed by atoms with Crippen molar-refractivity contribution in [2.75, 3.05) is 30.2 Å². The van der Waals surface area contributed by atoms with E-state index in [2.05, 4.69) is 5.32 Å². The molecule has 8 heteroatoms. The number of anilines is 1. The molecule has 0 unspecified atom stereocenters. The second-order valence-electron chi connectivity index (χ2n) is 9.42. The molecule has 0 aliphatic carbocycles. The van der Waals surface area contributed by atoms with Crippen molar-refractivity contribution >= 4 is 27.5 Å². The van der Waals surface area contributed by atoms with Crippen LogP contribution < -0.4 is 9.62 Å². The van der Waals surface area contributed by atoms with E-state index in [1.165, 1.54) is 4.90 Å². The molecule has 0 aromatic heterocycles. The van der Waals surface area contributed by atoms with Crippen LogP contribution in [0.1, 0.15) is 43.9 Å². The predicted octanol–water partition coefficient (Wildman–Crippen LogP) is 3.69. The molecule has 0 fully saturated rings. The fourth-order valence-corrected chi connectivity index (χ4v) is 4.65. The molecule has 2 amide bonds. The summed E-state index contributed by atoms with van der Waals surface area (Å²) in [5.41, 5.74) is 3.44. The van der Waals surface area contributed by atoms with E-state index in [1.807, 2.05) is 71.0 Å². The highest BCUT2D eigenvalue weighted by Gasteiger charge is 2.31. The number of hydrogen-bond donors (Lipinski definition) is 1. The average Bonchev–Trinajstić information content (AvgIpc) is 2.80. The highest BCUT2D eigenvalue weighted by molar-refractivity contribution is 7.92. The van der Waals surface area contributed by atoms with E-state index in [4.69, 9.17) is 0 Å². The maximum atomic E-state index is 13.6. The number of nitrogens with zero attached hydrogens (tertiary/aromatic N) is 2. The molecule has 0 bridgehead atoms. The Morgan fingerprint density at radius 1 is 1.00 bits per heavy atom. The quantitative estimate of drug-likeness (QED) is 0.481. The van der Waals surface area contributed by atoms with Gasteiger partial charge in [0.1, 0.15) is 12.6 Å². The van der Waals surface area contributed by atoms with E-state index >= 15 is 0 Å². The first-order valence-corrected chi connectivity index (χ1v) is 13.9. The van der Waals surface area contributed by atoms with Gasteiger partial charge in [0, 0.05) is 13.1 Å². The van der Waals surface area contributed by atoms with Crippen molar-refractivity contribution < 1.29 is 18.0 Å². The number of hydrogen-bond acceptors (Lipinski definition) is 4. The van der Waals surface area contributed by atoms with Gasteiger partial charge in [0.15, 0.2) is 0 Å². The van der Waals surface area contributed by atoms with Crippen LogP contribution in [0.2, 0.25) is 0 Å². The lowest BCUT2D eigenvalue weighted by Crippen LogP contribution is -2.53. The van der Waals surface area contributed by atoms with Crippen molar-refractivity contribution in [2.45, 2.75) is 53.5 Å². The summed E-state index contributed by atoms with van der Waals surface area (Å²) in [4.78, 5) is 28.2. The molecule has 0 spiro atoms. The number of sulfonamides is 1. The zero-order valence-electron chi connectivity index (χ0n) is 21.7. The van der Waals surface area contributed by atoms with Crippen molar-refractivity contribution in [3.63, 3.8) is 0 Å². The van der Waals surface area contributed by atoms with Gasteiger partial charge in [-0.25, -0.2) is 8.42 Å². The van der Waals surface area contributed by atoms with Gasteiger partial charge in [0.25, 0.3) is 0 Å². The number of rotatable bonds is 12. The van der Waals surface area contributed by atoms with Crippen LogP contribution in [0.15, 0.2) is 48.5 Å². The number of carbonyl (C=O) groups excluding carboxylic acids is 2. The molecular weight excluding hydrogens is 462 g/mol. The first-order valence-electron chi connectivity index (χ1n) is 12.1. The van der Waals surface area contributed by atoms with Crippen LogP contribution in [0.5, 0.6) is 0 Å². The van der Waals surface area contributed by atoms with E-state index in [1.54, 1.807) is 12.1 Å². The lowest BCUT2D eigenvalue weighted by molar-refractivity contribution is -0.139. The zero-order chi connectivity index (χ0) is 26.2. The molecule has 2 aromatic rings. The molecule has 0 radical (unpaired) electrons. The molecule has 2 aromatic carbocycles. The van der Waals surface area contributed by atoms with Crippen LogP contribution in [0.3, 0.4) is 0 Å². The van der Waals surface area contributed by atoms with Gasteiger partial charge in [-0.3, -0.25) is 13.9 Å². The minimum Gasteiger partial charge on any atom is -0.354 e. The van der Waals surface area contributed by atoms with E-state index < -0.39 is 22.0 Å². The summed E-state index contributed by atoms with van der Waals surface area (Å²) in [6, 6.07) is 14.4. The average molecular weight is 502 g/mol. The number of amides is 2. The van der Waals surface area contributed by atoms with Gasteiger partial charge in [-0.1, -0.05) is 57.2 Å². The minimum atomic E-state index is -3.73. The summed E-state index contributed by atoms with van der Waals surface area (Å²) in [7, 11) is -3.73. The summed E-state index contributed by atoms with van der Waals surface area (Å²) in [5.74, 6) is -0.355. The summed E-state index contributed by atoms with van der Waals surface area (Å²) < 4.78 is 26.5. The van der Waals surface area contributed by atoms with Crippen LogP contribution in [0.25, 0.3) is 0 Å². The third-order valence-electron chi connectivity index (χ3n) is 6.01. The Morgan fingerprint density at radius 3 is 2.20 bits per heavy atom. The molecule has 1 atom stereocenters. The molecule has 192 valence electrons. The number of benzene rings is 2. The summed E-state index contributed by atoms with van der Waals surface area (Å²) >= 11 is 0. The lowest BCUT2D eigenvalue weighted by Gasteiger charge is -2.33. The van der Waals surface area contributed by atoms with Gasteiger partial charge in [0.2, 0.25) is 21.8 Å². The van der Waals surface area contributed by atoms with Crippen LogP contribution in [0, 0.1) is 19.8 Å². The summed E-state index contributed by atoms with van der Waals surface area (Å²) in [6.07, 6.45) is 2.08. The molecule has 1 N–H and O–H groups in total. The highest BCUT2D eigenvalue weighted by atomic mass is 32.2. The second-order valence-corrected chi connectivity index (χ2v) is 11.3. The van der Waals surface area contributed by atoms with Gasteiger partial charge in [0.05, 0.1) is 11.9 Å². The largest absolute Gasteiger partial charge is 0.354 e. The summed E-state index contributed by atoms with van der Waals surface area (Å²) in [6.45, 7) is 10.2. The van der Waals surface area contributed by atoms with Crippen molar-refractivity contribution in [2.24, 2.45) is 5.92 Å². The van der Waals surface area contributed by atoms with E-state index in [0.717, 1.165) is 27.3 Å². The third kappa shape index (κ3) is 8.38. The Balaban J connectivity index is 2.36. The van der Waals surface area contributed by atoms with Crippen molar-refractivity contribution in [1.82, 2.24) is 10.2 Å². The predicted molar refractivity (Wildman–Crippen MR) is 142 cm³/mol. The number of carbonyl (C=O) groups is 2. The lowest BCUT2D eigenvalue weighted by atomic mass is 10.1. The third-order valence-corrected chi connectivity index (χ3v) is 7.15. The molecular formula is C27H39N3O4S. The topological polar surface area (TPSA) is 86.8 Å². The molecule has 35 heavy (non-hydrogen) atoms. The number of nitrogens with one attached hydrogen (secondary N) is 1. The second kappa shape index (κ2) is 12.7. The molecule has 0 aliphatic heterocycles. The Morgan fingerprint density at radius 2 is 1.66 bits per heavy atom. The Kier molecular flexibility index (Phi) is 10.3. The van der Waals surface area contributed by atoms with Gasteiger partial charge < -0.3 is 10.2 Å². The van der Waals surface area contributed by atoms with Crippen LogP contribution in [-0.4, -0.2) is 57.1 Å². The molecule has 7 nitrogen and oxygen atoms in total. The molecule has 0 aliphatic rings. The molecule has 0 saturated heterocycles. The first-order chi connectivity index (χ1) is 16.4. The monoisotopic (exact) mass is 501 g/mol. The van der Waals surface area contributed by atoms with Crippen LogP contribution >= 0.6 is 0 Å². The van der Waals surface area contributed by atoms with Crippen LogP contribution in [-0.2, 0) is 26.0 Å². The fourth-order valence-electron chi connectivity index (χ4n) is 3.81. The first kappa shape index (κ1) is 28.4. The van der Waals surface area contributed by atoms with Crippen LogP contribution in [0.4, 0.5) is 5.69 Å². The maximum absolute atomic E-state index is 13.6. The van der Waals surface area contributed by atoms with Gasteiger partial charge in [-0.05, 0) is 61.4 Å². The minimum absolute atomic E-state index is 0.223. The molecule has 0 saturated carbocycles. The van der Waals surface area contributed by atoms with Gasteiger partial charge in [-0.2, -0.15) is 0 Å². The fraction of sp³-hybridized carbons (Fsp3) is 0.481. The molecule has 2 rings (SSSR count). The SMILES string of the molecule is CC[C@H](C(=O)NCC(C)C)N(CCc1ccccc1)C(=O)CN(c1ccc(C)c(C)c1)S(C)(=O)=O. The van der Waals surface area contributed by atoms with Crippen molar-refractivity contribution in [1.29, 1.82) is 0 Å². The zero-order valence-corrected chi connectivity index (χ0v) is 22.6. The highest BCUT2D eigenvalue weighted by Crippen LogP contribution is 2.22. The number of aryl methyl sites for hydroxylation is 2. The van der Waals surface area contributed by atoms with E-state index in [0.29, 0.717) is 31.6 Å². The van der Waals surface area contributed by atoms with E-state index in [9.17, 15) is 18.0 Å².